The Kier molecular flexibility index (Phi) is 10.5. The molecule has 0 bridgehead atoms. The molecule has 1 heterocycles. The van der Waals surface area contributed by atoms with Crippen LogP contribution in [0.15, 0.2) is 30.3 Å². The van der Waals surface area contributed by atoms with Gasteiger partial charge in [0.1, 0.15) is 12.1 Å². The second kappa shape index (κ2) is 13.0. The first-order valence-corrected chi connectivity index (χ1v) is 11.8. The molecule has 0 aliphatic carbocycles. The third-order valence-corrected chi connectivity index (χ3v) is 5.74. The average molecular weight is 475 g/mol. The zero-order valence-electron chi connectivity index (χ0n) is 20.7. The number of nitrogens with zero attached hydrogens (tertiary/aromatic N) is 1. The molecule has 1 fully saturated rings. The van der Waals surface area contributed by atoms with E-state index in [1.807, 2.05) is 51.1 Å². The lowest BCUT2D eigenvalue weighted by Gasteiger charge is -2.29. The van der Waals surface area contributed by atoms with Crippen LogP contribution in [0, 0.1) is 5.92 Å². The molecule has 0 saturated carbocycles. The standard InChI is InChI=1S/C24H38N6O4/c1-15(2)13-21(31)29-19(14-26-22(32)17(4)25-5)24(34)30-20(11-12-27-30)23(33)28-16(3)18-9-7-6-8-10-18/h6-10,15-17,19-20,25,27H,11-14H2,1-5H3,(H,26,32)(H,28,33)(H,29,31)/t16?,17-,19+,20+/m1/s1. The van der Waals surface area contributed by atoms with Gasteiger partial charge in [0.05, 0.1) is 12.1 Å². The SMILES string of the molecule is CN[C@H](C)C(=O)NC[C@H](NC(=O)CC(C)C)C(=O)N1NCC[C@H]1C(=O)NC(C)c1ccccc1. The van der Waals surface area contributed by atoms with Crippen LogP contribution in [0.25, 0.3) is 0 Å². The normalized spacial score (nSPS) is 18.2. The Labute approximate surface area is 201 Å². The second-order valence-corrected chi connectivity index (χ2v) is 9.04. The minimum Gasteiger partial charge on any atom is -0.352 e. The first kappa shape index (κ1) is 27.3. The molecular weight excluding hydrogens is 436 g/mol. The van der Waals surface area contributed by atoms with Gasteiger partial charge in [0.15, 0.2) is 0 Å². The largest absolute Gasteiger partial charge is 0.352 e. The van der Waals surface area contributed by atoms with Gasteiger partial charge in [0.25, 0.3) is 5.91 Å². The van der Waals surface area contributed by atoms with Crippen LogP contribution in [0.4, 0.5) is 0 Å². The predicted octanol–water partition coefficient (Wildman–Crippen LogP) is 0.224. The Morgan fingerprint density at radius 3 is 2.35 bits per heavy atom. The van der Waals surface area contributed by atoms with Crippen molar-refractivity contribution in [2.45, 2.75) is 64.7 Å². The van der Waals surface area contributed by atoms with Crippen LogP contribution >= 0.6 is 0 Å². The monoisotopic (exact) mass is 474 g/mol. The quantitative estimate of drug-likeness (QED) is 0.312. The van der Waals surface area contributed by atoms with Crippen LogP contribution in [0.1, 0.15) is 52.1 Å². The summed E-state index contributed by atoms with van der Waals surface area (Å²) >= 11 is 0. The van der Waals surface area contributed by atoms with Gasteiger partial charge in [0, 0.05) is 19.5 Å². The van der Waals surface area contributed by atoms with Crippen LogP contribution in [-0.2, 0) is 19.2 Å². The number of carbonyl (C=O) groups excluding carboxylic acids is 4. The van der Waals surface area contributed by atoms with Crippen molar-refractivity contribution >= 4 is 23.6 Å². The smallest absolute Gasteiger partial charge is 0.261 e. The highest BCUT2D eigenvalue weighted by molar-refractivity contribution is 5.93. The van der Waals surface area contributed by atoms with E-state index in [-0.39, 0.29) is 42.6 Å². The van der Waals surface area contributed by atoms with Gasteiger partial charge < -0.3 is 21.3 Å². The number of hydrogen-bond donors (Lipinski definition) is 5. The molecule has 0 aromatic heterocycles. The summed E-state index contributed by atoms with van der Waals surface area (Å²) in [5.41, 5.74) is 3.92. The van der Waals surface area contributed by atoms with Crippen molar-refractivity contribution in [3.05, 3.63) is 35.9 Å². The molecule has 5 N–H and O–H groups in total. The van der Waals surface area contributed by atoms with E-state index >= 15 is 0 Å². The van der Waals surface area contributed by atoms with E-state index in [9.17, 15) is 19.2 Å². The molecule has 1 saturated heterocycles. The number of carbonyl (C=O) groups is 4. The van der Waals surface area contributed by atoms with Crippen LogP contribution < -0.4 is 26.7 Å². The Hall–Kier alpha value is -2.98. The Balaban J connectivity index is 2.11. The highest BCUT2D eigenvalue weighted by Gasteiger charge is 2.38. The van der Waals surface area contributed by atoms with Gasteiger partial charge in [-0.15, -0.1) is 0 Å². The minimum absolute atomic E-state index is 0.0829. The summed E-state index contributed by atoms with van der Waals surface area (Å²) in [4.78, 5) is 51.1. The number of benzene rings is 1. The van der Waals surface area contributed by atoms with Gasteiger partial charge in [0.2, 0.25) is 17.7 Å². The lowest BCUT2D eigenvalue weighted by molar-refractivity contribution is -0.144. The van der Waals surface area contributed by atoms with Crippen molar-refractivity contribution < 1.29 is 19.2 Å². The minimum atomic E-state index is -1.01. The fourth-order valence-electron chi connectivity index (χ4n) is 3.65. The zero-order chi connectivity index (χ0) is 25.3. The summed E-state index contributed by atoms with van der Waals surface area (Å²) < 4.78 is 0. The molecule has 10 nitrogen and oxygen atoms in total. The molecule has 1 aromatic rings. The molecule has 0 radical (unpaired) electrons. The molecule has 10 heteroatoms. The van der Waals surface area contributed by atoms with Crippen molar-refractivity contribution in [3.63, 3.8) is 0 Å². The van der Waals surface area contributed by atoms with Crippen molar-refractivity contribution in [2.24, 2.45) is 5.92 Å². The fourth-order valence-corrected chi connectivity index (χ4v) is 3.65. The van der Waals surface area contributed by atoms with E-state index < -0.39 is 24.0 Å². The van der Waals surface area contributed by atoms with E-state index in [1.54, 1.807) is 14.0 Å². The zero-order valence-corrected chi connectivity index (χ0v) is 20.7. The maximum Gasteiger partial charge on any atom is 0.261 e. The summed E-state index contributed by atoms with van der Waals surface area (Å²) in [6, 6.07) is 7.15. The van der Waals surface area contributed by atoms with Crippen LogP contribution in [0.3, 0.4) is 0 Å². The van der Waals surface area contributed by atoms with Crippen molar-refractivity contribution in [1.29, 1.82) is 0 Å². The van der Waals surface area contributed by atoms with E-state index in [4.69, 9.17) is 0 Å². The van der Waals surface area contributed by atoms with Gasteiger partial charge in [-0.2, -0.15) is 0 Å². The Morgan fingerprint density at radius 1 is 1.06 bits per heavy atom. The number of likely N-dealkylation sites (N-methyl/N-ethyl adjacent to an activating group) is 1. The number of rotatable bonds is 11. The number of hydrazine groups is 1. The molecule has 4 atom stereocenters. The lowest BCUT2D eigenvalue weighted by atomic mass is 10.1. The summed E-state index contributed by atoms with van der Waals surface area (Å²) in [5, 5.41) is 12.5. The van der Waals surface area contributed by atoms with Crippen LogP contribution in [-0.4, -0.2) is 66.9 Å². The van der Waals surface area contributed by atoms with Gasteiger partial charge in [-0.3, -0.25) is 24.2 Å². The van der Waals surface area contributed by atoms with E-state index in [1.165, 1.54) is 5.01 Å². The van der Waals surface area contributed by atoms with E-state index in [2.05, 4.69) is 26.7 Å². The fraction of sp³-hybridized carbons (Fsp3) is 0.583. The summed E-state index contributed by atoms with van der Waals surface area (Å²) in [7, 11) is 1.66. The lowest BCUT2D eigenvalue weighted by Crippen LogP contribution is -2.60. The first-order valence-electron chi connectivity index (χ1n) is 11.8. The summed E-state index contributed by atoms with van der Waals surface area (Å²) in [5.74, 6) is -1.23. The predicted molar refractivity (Wildman–Crippen MR) is 129 cm³/mol. The first-order chi connectivity index (χ1) is 16.1. The van der Waals surface area contributed by atoms with Crippen LogP contribution in [0.2, 0.25) is 0 Å². The van der Waals surface area contributed by atoms with Crippen molar-refractivity contribution in [1.82, 2.24) is 31.7 Å². The Morgan fingerprint density at radius 2 is 1.74 bits per heavy atom. The van der Waals surface area contributed by atoms with E-state index in [0.717, 1.165) is 5.56 Å². The molecule has 34 heavy (non-hydrogen) atoms. The number of hydrogen-bond acceptors (Lipinski definition) is 6. The third-order valence-electron chi connectivity index (χ3n) is 5.74. The molecule has 188 valence electrons. The van der Waals surface area contributed by atoms with Gasteiger partial charge >= 0.3 is 0 Å². The topological polar surface area (TPSA) is 132 Å². The molecule has 1 aliphatic rings. The number of amides is 4. The molecule has 2 rings (SSSR count). The highest BCUT2D eigenvalue weighted by Crippen LogP contribution is 2.16. The second-order valence-electron chi connectivity index (χ2n) is 9.04. The van der Waals surface area contributed by atoms with Crippen molar-refractivity contribution in [3.8, 4) is 0 Å². The van der Waals surface area contributed by atoms with Gasteiger partial charge in [-0.25, -0.2) is 5.43 Å². The summed E-state index contributed by atoms with van der Waals surface area (Å²) in [6.45, 7) is 7.75. The maximum atomic E-state index is 13.4. The van der Waals surface area contributed by atoms with Crippen LogP contribution in [0.5, 0.6) is 0 Å². The molecule has 4 amide bonds. The Bertz CT molecular complexity index is 847. The van der Waals surface area contributed by atoms with Crippen molar-refractivity contribution in [2.75, 3.05) is 20.1 Å². The van der Waals surface area contributed by atoms with Gasteiger partial charge in [-0.05, 0) is 38.8 Å². The molecule has 1 aromatic carbocycles. The number of nitrogens with one attached hydrogen (secondary N) is 5. The molecule has 1 aliphatic heterocycles. The molecular formula is C24H38N6O4. The molecule has 1 unspecified atom stereocenters. The maximum absolute atomic E-state index is 13.4. The highest BCUT2D eigenvalue weighted by atomic mass is 16.2. The summed E-state index contributed by atoms with van der Waals surface area (Å²) in [6.07, 6.45) is 0.686. The van der Waals surface area contributed by atoms with Gasteiger partial charge in [-0.1, -0.05) is 44.2 Å². The third kappa shape index (κ3) is 7.81. The molecule has 0 spiro atoms. The van der Waals surface area contributed by atoms with E-state index in [0.29, 0.717) is 13.0 Å². The average Bonchev–Trinajstić information content (AvgIpc) is 3.30.